The van der Waals surface area contributed by atoms with Gasteiger partial charge < -0.3 is 10.6 Å². The summed E-state index contributed by atoms with van der Waals surface area (Å²) < 4.78 is 0. The molecule has 1 atom stereocenters. The normalized spacial score (nSPS) is 49.2. The molecule has 4 aliphatic carbocycles. The van der Waals surface area contributed by atoms with Crippen molar-refractivity contribution in [3.63, 3.8) is 0 Å². The van der Waals surface area contributed by atoms with Gasteiger partial charge in [0.15, 0.2) is 0 Å². The molecular weight excluding hydrogens is 252 g/mol. The quantitative estimate of drug-likeness (QED) is 0.805. The number of amides is 2. The number of hydrogen-bond donors (Lipinski definition) is 2. The smallest absolute Gasteiger partial charge is 0.228 e. The Kier molecular flexibility index (Phi) is 2.52. The van der Waals surface area contributed by atoms with Crippen molar-refractivity contribution in [3.8, 4) is 0 Å². The van der Waals surface area contributed by atoms with E-state index in [0.29, 0.717) is 13.0 Å². The van der Waals surface area contributed by atoms with Gasteiger partial charge in [0.2, 0.25) is 11.8 Å². The minimum atomic E-state index is -0.541. The molecule has 0 radical (unpaired) electrons. The van der Waals surface area contributed by atoms with E-state index in [9.17, 15) is 9.59 Å². The molecule has 5 aliphatic rings. The zero-order chi connectivity index (χ0) is 14.0. The Morgan fingerprint density at radius 1 is 1.15 bits per heavy atom. The van der Waals surface area contributed by atoms with Crippen LogP contribution in [0.2, 0.25) is 0 Å². The van der Waals surface area contributed by atoms with Crippen molar-refractivity contribution in [1.29, 1.82) is 0 Å². The molecule has 5 rings (SSSR count). The zero-order valence-corrected chi connectivity index (χ0v) is 12.2. The van der Waals surface area contributed by atoms with Crippen LogP contribution in [0.15, 0.2) is 0 Å². The third-order valence-corrected chi connectivity index (χ3v) is 6.19. The predicted octanol–water partition coefficient (Wildman–Crippen LogP) is 1.60. The number of carbonyl (C=O) groups is 2. The summed E-state index contributed by atoms with van der Waals surface area (Å²) in [6, 6.07) is 0. The molecular formula is C16H24N2O2. The molecule has 1 heterocycles. The van der Waals surface area contributed by atoms with Gasteiger partial charge in [-0.2, -0.15) is 0 Å². The van der Waals surface area contributed by atoms with Gasteiger partial charge in [0.05, 0.1) is 5.41 Å². The SMILES string of the molecule is CC1(C(=O)NC23CC4CC(CC(C4)C2)C3)CNC(=O)C1. The lowest BCUT2D eigenvalue weighted by Crippen LogP contribution is -2.62. The van der Waals surface area contributed by atoms with Gasteiger partial charge in [-0.25, -0.2) is 0 Å². The molecule has 4 saturated carbocycles. The van der Waals surface area contributed by atoms with Gasteiger partial charge in [0.1, 0.15) is 0 Å². The van der Waals surface area contributed by atoms with Gasteiger partial charge in [-0.1, -0.05) is 0 Å². The van der Waals surface area contributed by atoms with Crippen LogP contribution in [0.5, 0.6) is 0 Å². The molecule has 2 amide bonds. The second-order valence-corrected chi connectivity index (χ2v) is 8.17. The van der Waals surface area contributed by atoms with Crippen molar-refractivity contribution < 1.29 is 9.59 Å². The number of hydrogen-bond acceptors (Lipinski definition) is 2. The maximum Gasteiger partial charge on any atom is 0.228 e. The van der Waals surface area contributed by atoms with Crippen LogP contribution in [-0.4, -0.2) is 23.9 Å². The fourth-order valence-corrected chi connectivity index (χ4v) is 5.59. The third-order valence-electron chi connectivity index (χ3n) is 6.19. The highest BCUT2D eigenvalue weighted by molar-refractivity contribution is 5.92. The summed E-state index contributed by atoms with van der Waals surface area (Å²) in [5.41, 5.74) is -0.485. The Morgan fingerprint density at radius 3 is 2.15 bits per heavy atom. The molecule has 1 saturated heterocycles. The average Bonchev–Trinajstić information content (AvgIpc) is 2.68. The molecule has 4 heteroatoms. The summed E-state index contributed by atoms with van der Waals surface area (Å²) >= 11 is 0. The zero-order valence-electron chi connectivity index (χ0n) is 12.2. The Labute approximate surface area is 120 Å². The van der Waals surface area contributed by atoms with Gasteiger partial charge in [-0.05, 0) is 63.2 Å². The first-order chi connectivity index (χ1) is 9.46. The molecule has 0 aromatic rings. The van der Waals surface area contributed by atoms with Crippen LogP contribution in [0.4, 0.5) is 0 Å². The van der Waals surface area contributed by atoms with E-state index < -0.39 is 5.41 Å². The highest BCUT2D eigenvalue weighted by atomic mass is 16.2. The van der Waals surface area contributed by atoms with E-state index in [1.165, 1.54) is 38.5 Å². The summed E-state index contributed by atoms with van der Waals surface area (Å²) in [6.07, 6.45) is 7.99. The highest BCUT2D eigenvalue weighted by Gasteiger charge is 2.53. The number of nitrogens with one attached hydrogen (secondary N) is 2. The van der Waals surface area contributed by atoms with Gasteiger partial charge in [-0.3, -0.25) is 9.59 Å². The van der Waals surface area contributed by atoms with Gasteiger partial charge in [0, 0.05) is 18.5 Å². The molecule has 2 N–H and O–H groups in total. The van der Waals surface area contributed by atoms with E-state index in [1.54, 1.807) is 0 Å². The van der Waals surface area contributed by atoms with Gasteiger partial charge in [-0.15, -0.1) is 0 Å². The van der Waals surface area contributed by atoms with E-state index in [4.69, 9.17) is 0 Å². The Hall–Kier alpha value is -1.06. The molecule has 1 aliphatic heterocycles. The lowest BCUT2D eigenvalue weighted by molar-refractivity contribution is -0.136. The van der Waals surface area contributed by atoms with Crippen molar-refractivity contribution in [1.82, 2.24) is 10.6 Å². The maximum atomic E-state index is 12.7. The second-order valence-electron chi connectivity index (χ2n) is 8.17. The van der Waals surface area contributed by atoms with E-state index >= 15 is 0 Å². The lowest BCUT2D eigenvalue weighted by Gasteiger charge is -2.57. The van der Waals surface area contributed by atoms with Crippen molar-refractivity contribution in [2.24, 2.45) is 23.2 Å². The summed E-state index contributed by atoms with van der Waals surface area (Å²) in [5, 5.41) is 6.20. The van der Waals surface area contributed by atoms with Crippen molar-refractivity contribution in [2.75, 3.05) is 6.54 Å². The fourth-order valence-electron chi connectivity index (χ4n) is 5.59. The molecule has 5 fully saturated rings. The summed E-state index contributed by atoms with van der Waals surface area (Å²) in [4.78, 5) is 24.1. The van der Waals surface area contributed by atoms with Gasteiger partial charge >= 0.3 is 0 Å². The fraction of sp³-hybridized carbons (Fsp3) is 0.875. The van der Waals surface area contributed by atoms with Gasteiger partial charge in [0.25, 0.3) is 0 Å². The first-order valence-electron chi connectivity index (χ1n) is 8.06. The van der Waals surface area contributed by atoms with E-state index in [0.717, 1.165) is 17.8 Å². The maximum absolute atomic E-state index is 12.7. The summed E-state index contributed by atoms with van der Waals surface area (Å²) in [5.74, 6) is 2.60. The van der Waals surface area contributed by atoms with Crippen LogP contribution in [0, 0.1) is 23.2 Å². The third kappa shape index (κ3) is 1.87. The Balaban J connectivity index is 1.51. The number of rotatable bonds is 2. The Morgan fingerprint density at radius 2 is 1.70 bits per heavy atom. The first-order valence-corrected chi connectivity index (χ1v) is 8.06. The monoisotopic (exact) mass is 276 g/mol. The molecule has 110 valence electrons. The topological polar surface area (TPSA) is 58.2 Å². The molecule has 20 heavy (non-hydrogen) atoms. The minimum absolute atomic E-state index is 0.00756. The average molecular weight is 276 g/mol. The van der Waals surface area contributed by atoms with E-state index in [1.807, 2.05) is 6.92 Å². The van der Waals surface area contributed by atoms with Crippen molar-refractivity contribution >= 4 is 11.8 Å². The largest absolute Gasteiger partial charge is 0.355 e. The van der Waals surface area contributed by atoms with E-state index in [-0.39, 0.29) is 17.4 Å². The lowest BCUT2D eigenvalue weighted by atomic mass is 9.53. The van der Waals surface area contributed by atoms with Crippen molar-refractivity contribution in [3.05, 3.63) is 0 Å². The molecule has 0 spiro atoms. The van der Waals surface area contributed by atoms with Crippen LogP contribution in [0.25, 0.3) is 0 Å². The van der Waals surface area contributed by atoms with Crippen LogP contribution < -0.4 is 10.6 Å². The molecule has 4 bridgehead atoms. The number of carbonyl (C=O) groups excluding carboxylic acids is 2. The Bertz CT molecular complexity index is 438. The van der Waals surface area contributed by atoms with Crippen molar-refractivity contribution in [2.45, 2.75) is 57.4 Å². The van der Waals surface area contributed by atoms with Crippen LogP contribution in [0.3, 0.4) is 0 Å². The predicted molar refractivity (Wildman–Crippen MR) is 74.8 cm³/mol. The molecule has 4 nitrogen and oxygen atoms in total. The van der Waals surface area contributed by atoms with E-state index in [2.05, 4.69) is 10.6 Å². The van der Waals surface area contributed by atoms with Crippen LogP contribution in [0.1, 0.15) is 51.9 Å². The summed E-state index contributed by atoms with van der Waals surface area (Å²) in [7, 11) is 0. The standard InChI is InChI=1S/C16H24N2O2/c1-15(8-13(19)17-9-15)14(20)18-16-5-10-2-11(6-16)4-12(3-10)7-16/h10-12H,2-9H2,1H3,(H,17,19)(H,18,20). The highest BCUT2D eigenvalue weighted by Crippen LogP contribution is 2.55. The summed E-state index contributed by atoms with van der Waals surface area (Å²) in [6.45, 7) is 2.41. The molecule has 1 unspecified atom stereocenters. The minimum Gasteiger partial charge on any atom is -0.355 e. The second kappa shape index (κ2) is 3.99. The van der Waals surface area contributed by atoms with Crippen LogP contribution in [-0.2, 0) is 9.59 Å². The molecule has 0 aromatic carbocycles. The molecule has 0 aromatic heterocycles. The van der Waals surface area contributed by atoms with Crippen LogP contribution >= 0.6 is 0 Å². The first kappa shape index (κ1) is 12.7.